The van der Waals surface area contributed by atoms with Gasteiger partial charge in [-0.15, -0.1) is 10.2 Å². The third kappa shape index (κ3) is 3.01. The molecule has 0 aliphatic rings. The number of hydrogen-bond donors (Lipinski definition) is 0. The van der Waals surface area contributed by atoms with E-state index in [1.54, 1.807) is 11.8 Å². The molecule has 0 aliphatic carbocycles. The predicted molar refractivity (Wildman–Crippen MR) is 110 cm³/mol. The molecule has 0 spiro atoms. The lowest BCUT2D eigenvalue weighted by Gasteiger charge is -2.14. The zero-order valence-electron chi connectivity index (χ0n) is 15.0. The van der Waals surface area contributed by atoms with Crippen LogP contribution in [0.15, 0.2) is 71.9 Å². The van der Waals surface area contributed by atoms with Crippen LogP contribution in [0.5, 0.6) is 0 Å². The largest absolute Gasteiger partial charge is 0.269 e. The number of rotatable bonds is 5. The van der Waals surface area contributed by atoms with Crippen LogP contribution in [-0.4, -0.2) is 20.5 Å². The molecule has 0 radical (unpaired) electrons. The van der Waals surface area contributed by atoms with Crippen LogP contribution in [0.3, 0.4) is 0 Å². The lowest BCUT2D eigenvalue weighted by Crippen LogP contribution is -2.01. The molecule has 0 amide bonds. The summed E-state index contributed by atoms with van der Waals surface area (Å²) in [6.45, 7) is 4.31. The van der Waals surface area contributed by atoms with Crippen molar-refractivity contribution in [2.45, 2.75) is 25.4 Å². The molecule has 0 N–H and O–H groups in total. The summed E-state index contributed by atoms with van der Waals surface area (Å²) in [6.07, 6.45) is 1.10. The average molecular weight is 359 g/mol. The van der Waals surface area contributed by atoms with Crippen molar-refractivity contribution in [3.05, 3.63) is 72.3 Å². The first-order valence-corrected chi connectivity index (χ1v) is 9.90. The van der Waals surface area contributed by atoms with E-state index >= 15 is 0 Å². The third-order valence-corrected chi connectivity index (χ3v) is 5.60. The molecule has 3 nitrogen and oxygen atoms in total. The normalized spacial score (nSPS) is 11.2. The number of hydrogen-bond acceptors (Lipinski definition) is 3. The quantitative estimate of drug-likeness (QED) is 0.416. The van der Waals surface area contributed by atoms with Gasteiger partial charge >= 0.3 is 0 Å². The van der Waals surface area contributed by atoms with E-state index in [2.05, 4.69) is 95.3 Å². The second-order valence-electron chi connectivity index (χ2n) is 6.30. The van der Waals surface area contributed by atoms with Gasteiger partial charge in [0.2, 0.25) is 0 Å². The van der Waals surface area contributed by atoms with E-state index in [0.717, 1.165) is 34.4 Å². The molecule has 0 fully saturated rings. The Morgan fingerprint density at radius 3 is 2.50 bits per heavy atom. The van der Waals surface area contributed by atoms with Gasteiger partial charge < -0.3 is 0 Å². The smallest absolute Gasteiger partial charge is 0.196 e. The molecule has 26 heavy (non-hydrogen) atoms. The fourth-order valence-electron chi connectivity index (χ4n) is 3.18. The molecule has 1 heterocycles. The van der Waals surface area contributed by atoms with Crippen molar-refractivity contribution in [1.29, 1.82) is 0 Å². The van der Waals surface area contributed by atoms with E-state index in [4.69, 9.17) is 0 Å². The highest BCUT2D eigenvalue weighted by molar-refractivity contribution is 7.99. The van der Waals surface area contributed by atoms with E-state index in [1.807, 2.05) is 0 Å². The van der Waals surface area contributed by atoms with Crippen molar-refractivity contribution in [3.63, 3.8) is 0 Å². The summed E-state index contributed by atoms with van der Waals surface area (Å²) in [7, 11) is 0. The van der Waals surface area contributed by atoms with Crippen molar-refractivity contribution < 1.29 is 0 Å². The fourth-order valence-corrected chi connectivity index (χ4v) is 3.97. The first kappa shape index (κ1) is 16.9. The van der Waals surface area contributed by atoms with Crippen molar-refractivity contribution in [1.82, 2.24) is 14.8 Å². The van der Waals surface area contributed by atoms with Crippen molar-refractivity contribution in [2.75, 3.05) is 5.75 Å². The molecule has 0 saturated heterocycles. The van der Waals surface area contributed by atoms with Gasteiger partial charge in [-0.3, -0.25) is 4.57 Å². The SMILES string of the molecule is CCCSc1nnc(-c2ccccc2C)n1-c1cccc2ccccc12. The number of thioether (sulfide) groups is 1. The lowest BCUT2D eigenvalue weighted by atomic mass is 10.1. The summed E-state index contributed by atoms with van der Waals surface area (Å²) in [5, 5.41) is 12.5. The van der Waals surface area contributed by atoms with E-state index in [-0.39, 0.29) is 0 Å². The van der Waals surface area contributed by atoms with Crippen LogP contribution < -0.4 is 0 Å². The van der Waals surface area contributed by atoms with Gasteiger partial charge in [-0.05, 0) is 30.4 Å². The maximum absolute atomic E-state index is 4.58. The van der Waals surface area contributed by atoms with Gasteiger partial charge in [0.25, 0.3) is 0 Å². The molecule has 4 heteroatoms. The topological polar surface area (TPSA) is 30.7 Å². The molecule has 0 unspecified atom stereocenters. The monoisotopic (exact) mass is 359 g/mol. The van der Waals surface area contributed by atoms with Gasteiger partial charge in [-0.2, -0.15) is 0 Å². The first-order chi connectivity index (χ1) is 12.8. The minimum atomic E-state index is 0.901. The molecule has 0 aliphatic heterocycles. The summed E-state index contributed by atoms with van der Waals surface area (Å²) in [5.74, 6) is 1.93. The number of aryl methyl sites for hydroxylation is 1. The predicted octanol–water partition coefficient (Wildman–Crippen LogP) is 5.90. The minimum absolute atomic E-state index is 0.901. The molecule has 0 atom stereocenters. The average Bonchev–Trinajstić information content (AvgIpc) is 3.09. The Bertz CT molecular complexity index is 1050. The highest BCUT2D eigenvalue weighted by Crippen LogP contribution is 2.33. The Balaban J connectivity index is 1.99. The summed E-state index contributed by atoms with van der Waals surface area (Å²) >= 11 is 1.76. The Kier molecular flexibility index (Phi) is 4.76. The number of nitrogens with zero attached hydrogens (tertiary/aromatic N) is 3. The van der Waals surface area contributed by atoms with E-state index in [0.29, 0.717) is 0 Å². The second-order valence-corrected chi connectivity index (χ2v) is 7.37. The van der Waals surface area contributed by atoms with Crippen molar-refractivity contribution in [2.24, 2.45) is 0 Å². The van der Waals surface area contributed by atoms with E-state index in [1.165, 1.54) is 16.3 Å². The van der Waals surface area contributed by atoms with Crippen LogP contribution in [0.2, 0.25) is 0 Å². The standard InChI is InChI=1S/C22H21N3S/c1-3-15-26-22-24-23-21(18-12-6-4-9-16(18)2)25(22)20-14-8-11-17-10-5-7-13-19(17)20/h4-14H,3,15H2,1-2H3. The van der Waals surface area contributed by atoms with Gasteiger partial charge in [-0.1, -0.05) is 79.3 Å². The summed E-state index contributed by atoms with van der Waals surface area (Å²) in [5.41, 5.74) is 3.45. The summed E-state index contributed by atoms with van der Waals surface area (Å²) in [4.78, 5) is 0. The van der Waals surface area contributed by atoms with Crippen LogP contribution >= 0.6 is 11.8 Å². The van der Waals surface area contributed by atoms with Gasteiger partial charge in [0.05, 0.1) is 5.69 Å². The maximum Gasteiger partial charge on any atom is 0.196 e. The highest BCUT2D eigenvalue weighted by atomic mass is 32.2. The Morgan fingerprint density at radius 2 is 1.65 bits per heavy atom. The van der Waals surface area contributed by atoms with Gasteiger partial charge in [0, 0.05) is 16.7 Å². The van der Waals surface area contributed by atoms with Crippen LogP contribution in [0.1, 0.15) is 18.9 Å². The van der Waals surface area contributed by atoms with Gasteiger partial charge in [0.15, 0.2) is 11.0 Å². The lowest BCUT2D eigenvalue weighted by molar-refractivity contribution is 0.888. The highest BCUT2D eigenvalue weighted by Gasteiger charge is 2.18. The molecule has 3 aromatic carbocycles. The number of fused-ring (bicyclic) bond motifs is 1. The van der Waals surface area contributed by atoms with E-state index in [9.17, 15) is 0 Å². The Morgan fingerprint density at radius 1 is 0.885 bits per heavy atom. The zero-order valence-corrected chi connectivity index (χ0v) is 15.8. The van der Waals surface area contributed by atoms with Crippen molar-refractivity contribution >= 4 is 22.5 Å². The van der Waals surface area contributed by atoms with Gasteiger partial charge in [-0.25, -0.2) is 0 Å². The number of aromatic nitrogens is 3. The van der Waals surface area contributed by atoms with E-state index < -0.39 is 0 Å². The van der Waals surface area contributed by atoms with Gasteiger partial charge in [0.1, 0.15) is 0 Å². The molecule has 0 bridgehead atoms. The number of benzene rings is 3. The minimum Gasteiger partial charge on any atom is -0.269 e. The molecule has 4 aromatic rings. The van der Waals surface area contributed by atoms with Crippen LogP contribution in [0.25, 0.3) is 27.8 Å². The first-order valence-electron chi connectivity index (χ1n) is 8.92. The van der Waals surface area contributed by atoms with Crippen LogP contribution in [-0.2, 0) is 0 Å². The fraction of sp³-hybridized carbons (Fsp3) is 0.182. The Labute approximate surface area is 158 Å². The second kappa shape index (κ2) is 7.34. The van der Waals surface area contributed by atoms with Crippen molar-refractivity contribution in [3.8, 4) is 17.1 Å². The third-order valence-electron chi connectivity index (χ3n) is 4.46. The molecular weight excluding hydrogens is 338 g/mol. The molecule has 4 rings (SSSR count). The summed E-state index contributed by atoms with van der Waals surface area (Å²) < 4.78 is 2.21. The maximum atomic E-state index is 4.58. The molecule has 1 aromatic heterocycles. The molecule has 0 saturated carbocycles. The molecular formula is C22H21N3S. The Hall–Kier alpha value is -2.59. The van der Waals surface area contributed by atoms with Crippen LogP contribution in [0.4, 0.5) is 0 Å². The zero-order chi connectivity index (χ0) is 17.9. The molecule has 130 valence electrons. The van der Waals surface area contributed by atoms with Crippen LogP contribution in [0, 0.1) is 6.92 Å². The summed E-state index contributed by atoms with van der Waals surface area (Å²) in [6, 6.07) is 23.2.